The summed E-state index contributed by atoms with van der Waals surface area (Å²) >= 11 is 0. The first-order chi connectivity index (χ1) is 7.29. The van der Waals surface area contributed by atoms with Gasteiger partial charge in [-0.15, -0.1) is 0 Å². The zero-order chi connectivity index (χ0) is 10.7. The van der Waals surface area contributed by atoms with E-state index in [2.05, 4.69) is 11.1 Å². The van der Waals surface area contributed by atoms with Crippen molar-refractivity contribution in [1.82, 2.24) is 4.98 Å². The topological polar surface area (TPSA) is 48.1 Å². The van der Waals surface area contributed by atoms with Crippen molar-refractivity contribution in [3.8, 4) is 0 Å². The van der Waals surface area contributed by atoms with Crippen LogP contribution in [0.25, 0.3) is 0 Å². The summed E-state index contributed by atoms with van der Waals surface area (Å²) in [6.45, 7) is 4.03. The Labute approximate surface area is 90.7 Å². The van der Waals surface area contributed by atoms with Gasteiger partial charge in [-0.2, -0.15) is 0 Å². The maximum atomic E-state index is 5.60. The number of hydrogen-bond acceptors (Lipinski definition) is 3. The molecule has 0 aromatic carbocycles. The molecule has 1 aliphatic carbocycles. The van der Waals surface area contributed by atoms with Gasteiger partial charge in [-0.3, -0.25) is 4.98 Å². The van der Waals surface area contributed by atoms with Crippen LogP contribution in [0.4, 0.5) is 0 Å². The molecule has 0 aliphatic heterocycles. The normalized spacial score (nSPS) is 15.6. The third kappa shape index (κ3) is 3.01. The minimum atomic E-state index is 0.502. The number of aromatic nitrogens is 1. The van der Waals surface area contributed by atoms with E-state index >= 15 is 0 Å². The molecule has 1 saturated carbocycles. The van der Waals surface area contributed by atoms with Crippen LogP contribution in [-0.4, -0.2) is 11.6 Å². The van der Waals surface area contributed by atoms with Crippen molar-refractivity contribution in [3.05, 3.63) is 29.1 Å². The summed E-state index contributed by atoms with van der Waals surface area (Å²) in [5.41, 5.74) is 8.72. The van der Waals surface area contributed by atoms with E-state index in [1.807, 2.05) is 13.0 Å². The molecule has 0 spiro atoms. The van der Waals surface area contributed by atoms with Gasteiger partial charge in [0.15, 0.2) is 0 Å². The molecular formula is C12H18N2O. The molecule has 1 aromatic rings. The quantitative estimate of drug-likeness (QED) is 0.798. The van der Waals surface area contributed by atoms with Crippen LogP contribution in [0.5, 0.6) is 0 Å². The van der Waals surface area contributed by atoms with Crippen molar-refractivity contribution in [2.45, 2.75) is 32.9 Å². The highest BCUT2D eigenvalue weighted by atomic mass is 16.5. The van der Waals surface area contributed by atoms with Crippen molar-refractivity contribution in [1.29, 1.82) is 0 Å². The van der Waals surface area contributed by atoms with E-state index in [-0.39, 0.29) is 0 Å². The molecule has 3 nitrogen and oxygen atoms in total. The zero-order valence-electron chi connectivity index (χ0n) is 9.20. The van der Waals surface area contributed by atoms with Gasteiger partial charge in [0, 0.05) is 13.2 Å². The predicted molar refractivity (Wildman–Crippen MR) is 59.2 cm³/mol. The van der Waals surface area contributed by atoms with E-state index in [1.165, 1.54) is 12.8 Å². The molecular weight excluding hydrogens is 188 g/mol. The Bertz CT molecular complexity index is 334. The van der Waals surface area contributed by atoms with Gasteiger partial charge < -0.3 is 10.5 Å². The van der Waals surface area contributed by atoms with E-state index < -0.39 is 0 Å². The number of nitrogens with two attached hydrogens (primary N) is 1. The fourth-order valence-corrected chi connectivity index (χ4v) is 1.52. The van der Waals surface area contributed by atoms with Gasteiger partial charge in [-0.25, -0.2) is 0 Å². The summed E-state index contributed by atoms with van der Waals surface area (Å²) in [5.74, 6) is 0.810. The summed E-state index contributed by atoms with van der Waals surface area (Å²) < 4.78 is 5.58. The van der Waals surface area contributed by atoms with Crippen LogP contribution in [-0.2, 0) is 17.9 Å². The van der Waals surface area contributed by atoms with E-state index in [4.69, 9.17) is 10.5 Å². The first-order valence-corrected chi connectivity index (χ1v) is 5.53. The number of ether oxygens (including phenoxy) is 1. The molecule has 15 heavy (non-hydrogen) atoms. The van der Waals surface area contributed by atoms with E-state index in [9.17, 15) is 0 Å². The standard InChI is InChI=1S/C12H18N2O/c1-9-2-5-11(14-12(9)6-13)8-15-7-10-3-4-10/h2,5,10H,3-4,6-8,13H2,1H3. The Morgan fingerprint density at radius 1 is 1.47 bits per heavy atom. The van der Waals surface area contributed by atoms with Gasteiger partial charge in [0.25, 0.3) is 0 Å². The largest absolute Gasteiger partial charge is 0.375 e. The molecule has 1 heterocycles. The van der Waals surface area contributed by atoms with Crippen molar-refractivity contribution in [2.24, 2.45) is 11.7 Å². The van der Waals surface area contributed by atoms with Crippen LogP contribution in [0.15, 0.2) is 12.1 Å². The van der Waals surface area contributed by atoms with Crippen LogP contribution < -0.4 is 5.73 Å². The summed E-state index contributed by atoms with van der Waals surface area (Å²) in [5, 5.41) is 0. The molecule has 3 heteroatoms. The van der Waals surface area contributed by atoms with E-state index in [1.54, 1.807) is 0 Å². The van der Waals surface area contributed by atoms with Crippen LogP contribution in [0.3, 0.4) is 0 Å². The Balaban J connectivity index is 1.89. The van der Waals surface area contributed by atoms with Crippen LogP contribution in [0.1, 0.15) is 29.8 Å². The SMILES string of the molecule is Cc1ccc(COCC2CC2)nc1CN. The van der Waals surface area contributed by atoms with E-state index in [0.29, 0.717) is 13.2 Å². The molecule has 1 fully saturated rings. The second kappa shape index (κ2) is 4.73. The molecule has 0 unspecified atom stereocenters. The highest BCUT2D eigenvalue weighted by molar-refractivity contribution is 5.21. The minimum absolute atomic E-state index is 0.502. The average Bonchev–Trinajstić information content (AvgIpc) is 3.04. The van der Waals surface area contributed by atoms with Gasteiger partial charge in [-0.05, 0) is 37.3 Å². The first-order valence-electron chi connectivity index (χ1n) is 5.53. The molecule has 2 rings (SSSR count). The number of nitrogens with zero attached hydrogens (tertiary/aromatic N) is 1. The zero-order valence-corrected chi connectivity index (χ0v) is 9.20. The molecule has 0 amide bonds. The summed E-state index contributed by atoms with van der Waals surface area (Å²) in [6, 6.07) is 4.08. The number of hydrogen-bond donors (Lipinski definition) is 1. The van der Waals surface area contributed by atoms with Gasteiger partial charge >= 0.3 is 0 Å². The Morgan fingerprint density at radius 2 is 2.27 bits per heavy atom. The number of rotatable bonds is 5. The van der Waals surface area contributed by atoms with Crippen molar-refractivity contribution in [2.75, 3.05) is 6.61 Å². The Morgan fingerprint density at radius 3 is 2.93 bits per heavy atom. The minimum Gasteiger partial charge on any atom is -0.375 e. The molecule has 1 aromatic heterocycles. The summed E-state index contributed by atoms with van der Waals surface area (Å²) in [7, 11) is 0. The monoisotopic (exact) mass is 206 g/mol. The fourth-order valence-electron chi connectivity index (χ4n) is 1.52. The molecule has 0 saturated heterocycles. The lowest BCUT2D eigenvalue weighted by Crippen LogP contribution is -2.06. The van der Waals surface area contributed by atoms with Crippen LogP contribution in [0, 0.1) is 12.8 Å². The Hall–Kier alpha value is -0.930. The molecule has 1 aliphatic rings. The molecule has 0 radical (unpaired) electrons. The van der Waals surface area contributed by atoms with Crippen molar-refractivity contribution < 1.29 is 4.74 Å². The van der Waals surface area contributed by atoms with Crippen molar-refractivity contribution >= 4 is 0 Å². The third-order valence-corrected chi connectivity index (χ3v) is 2.75. The summed E-state index contributed by atoms with van der Waals surface area (Å²) in [4.78, 5) is 4.46. The lowest BCUT2D eigenvalue weighted by Gasteiger charge is -2.06. The second-order valence-electron chi connectivity index (χ2n) is 4.23. The smallest absolute Gasteiger partial charge is 0.0888 e. The highest BCUT2D eigenvalue weighted by Gasteiger charge is 2.21. The molecule has 82 valence electrons. The van der Waals surface area contributed by atoms with Crippen molar-refractivity contribution in [3.63, 3.8) is 0 Å². The summed E-state index contributed by atoms with van der Waals surface area (Å²) in [6.07, 6.45) is 2.66. The molecule has 0 bridgehead atoms. The molecule has 0 atom stereocenters. The maximum absolute atomic E-state index is 5.60. The highest BCUT2D eigenvalue weighted by Crippen LogP contribution is 2.29. The average molecular weight is 206 g/mol. The molecule has 2 N–H and O–H groups in total. The number of pyridine rings is 1. The fraction of sp³-hybridized carbons (Fsp3) is 0.583. The number of aryl methyl sites for hydroxylation is 1. The van der Waals surface area contributed by atoms with Crippen LogP contribution in [0.2, 0.25) is 0 Å². The lowest BCUT2D eigenvalue weighted by molar-refractivity contribution is 0.108. The predicted octanol–water partition coefficient (Wildman–Crippen LogP) is 1.78. The van der Waals surface area contributed by atoms with Crippen LogP contribution >= 0.6 is 0 Å². The Kier molecular flexibility index (Phi) is 3.34. The second-order valence-corrected chi connectivity index (χ2v) is 4.23. The van der Waals surface area contributed by atoms with Gasteiger partial charge in [0.05, 0.1) is 18.0 Å². The van der Waals surface area contributed by atoms with Gasteiger partial charge in [0.1, 0.15) is 0 Å². The van der Waals surface area contributed by atoms with Gasteiger partial charge in [-0.1, -0.05) is 6.07 Å². The third-order valence-electron chi connectivity index (χ3n) is 2.75. The van der Waals surface area contributed by atoms with E-state index in [0.717, 1.165) is 29.5 Å². The lowest BCUT2D eigenvalue weighted by atomic mass is 10.2. The first kappa shape index (κ1) is 10.6. The van der Waals surface area contributed by atoms with Gasteiger partial charge in [0.2, 0.25) is 0 Å². The maximum Gasteiger partial charge on any atom is 0.0888 e.